The van der Waals surface area contributed by atoms with Crippen molar-refractivity contribution in [1.82, 2.24) is 9.78 Å². The standard InChI is InChI=1S/C15H19FN4O/c1-3-11-8-12(4-2)20(19-11)9-15(21)18-14-7-10(16)5-6-13(14)17/h5-8H,3-4,9,17H2,1-2H3,(H,18,21). The van der Waals surface area contributed by atoms with Gasteiger partial charge in [-0.2, -0.15) is 5.10 Å². The van der Waals surface area contributed by atoms with Crippen LogP contribution in [-0.4, -0.2) is 15.7 Å². The van der Waals surface area contributed by atoms with E-state index in [-0.39, 0.29) is 18.1 Å². The first kappa shape index (κ1) is 15.0. The molecule has 2 aromatic rings. The number of hydrogen-bond acceptors (Lipinski definition) is 3. The first-order valence-electron chi connectivity index (χ1n) is 6.94. The van der Waals surface area contributed by atoms with Crippen LogP contribution in [0.1, 0.15) is 25.2 Å². The molecule has 0 aliphatic heterocycles. The zero-order valence-electron chi connectivity index (χ0n) is 12.2. The highest BCUT2D eigenvalue weighted by atomic mass is 19.1. The minimum atomic E-state index is -0.443. The Kier molecular flexibility index (Phi) is 4.57. The van der Waals surface area contributed by atoms with Crippen LogP contribution in [0.3, 0.4) is 0 Å². The van der Waals surface area contributed by atoms with Crippen LogP contribution in [-0.2, 0) is 24.2 Å². The van der Waals surface area contributed by atoms with Crippen molar-refractivity contribution in [3.8, 4) is 0 Å². The van der Waals surface area contributed by atoms with Gasteiger partial charge in [-0.3, -0.25) is 9.48 Å². The Morgan fingerprint density at radius 3 is 2.76 bits per heavy atom. The second-order valence-corrected chi connectivity index (χ2v) is 4.77. The molecule has 1 aromatic carbocycles. The Morgan fingerprint density at radius 1 is 1.33 bits per heavy atom. The molecule has 0 unspecified atom stereocenters. The summed E-state index contributed by atoms with van der Waals surface area (Å²) in [5, 5.41) is 6.98. The molecule has 0 saturated heterocycles. The molecule has 21 heavy (non-hydrogen) atoms. The van der Waals surface area contributed by atoms with Gasteiger partial charge in [-0.05, 0) is 37.1 Å². The maximum atomic E-state index is 13.2. The summed E-state index contributed by atoms with van der Waals surface area (Å²) in [4.78, 5) is 12.1. The predicted molar refractivity (Wildman–Crippen MR) is 80.4 cm³/mol. The number of amides is 1. The molecule has 0 fully saturated rings. The van der Waals surface area contributed by atoms with E-state index < -0.39 is 5.82 Å². The van der Waals surface area contributed by atoms with Crippen LogP contribution in [0.25, 0.3) is 0 Å². The lowest BCUT2D eigenvalue weighted by molar-refractivity contribution is -0.116. The van der Waals surface area contributed by atoms with Crippen molar-refractivity contribution in [2.75, 3.05) is 11.1 Å². The van der Waals surface area contributed by atoms with Crippen LogP contribution in [0.2, 0.25) is 0 Å². The number of hydrogen-bond donors (Lipinski definition) is 2. The van der Waals surface area contributed by atoms with Gasteiger partial charge >= 0.3 is 0 Å². The number of aromatic nitrogens is 2. The van der Waals surface area contributed by atoms with Crippen molar-refractivity contribution in [2.45, 2.75) is 33.2 Å². The van der Waals surface area contributed by atoms with Crippen molar-refractivity contribution in [2.24, 2.45) is 0 Å². The van der Waals surface area contributed by atoms with Crippen LogP contribution in [0, 0.1) is 5.82 Å². The van der Waals surface area contributed by atoms with Gasteiger partial charge in [0, 0.05) is 5.69 Å². The Bertz CT molecular complexity index is 651. The van der Waals surface area contributed by atoms with Crippen LogP contribution >= 0.6 is 0 Å². The topological polar surface area (TPSA) is 72.9 Å². The van der Waals surface area contributed by atoms with Crippen LogP contribution < -0.4 is 11.1 Å². The van der Waals surface area contributed by atoms with E-state index in [1.165, 1.54) is 18.2 Å². The number of carbonyl (C=O) groups is 1. The van der Waals surface area contributed by atoms with E-state index in [2.05, 4.69) is 10.4 Å². The zero-order valence-corrected chi connectivity index (χ0v) is 12.2. The fourth-order valence-electron chi connectivity index (χ4n) is 2.07. The van der Waals surface area contributed by atoms with Crippen molar-refractivity contribution in [3.05, 3.63) is 41.5 Å². The molecule has 0 atom stereocenters. The van der Waals surface area contributed by atoms with E-state index in [1.54, 1.807) is 4.68 Å². The van der Waals surface area contributed by atoms with Crippen LogP contribution in [0.5, 0.6) is 0 Å². The lowest BCUT2D eigenvalue weighted by Gasteiger charge is -2.09. The molecule has 0 spiro atoms. The number of nitrogen functional groups attached to an aromatic ring is 1. The molecule has 2 rings (SSSR count). The zero-order chi connectivity index (χ0) is 15.4. The first-order chi connectivity index (χ1) is 10.0. The molecule has 3 N–H and O–H groups in total. The minimum absolute atomic E-state index is 0.0825. The Balaban J connectivity index is 2.11. The number of aryl methyl sites for hydroxylation is 2. The highest BCUT2D eigenvalue weighted by molar-refractivity contribution is 5.93. The summed E-state index contributed by atoms with van der Waals surface area (Å²) in [6.07, 6.45) is 1.61. The summed E-state index contributed by atoms with van der Waals surface area (Å²) >= 11 is 0. The van der Waals surface area contributed by atoms with Gasteiger partial charge in [-0.1, -0.05) is 13.8 Å². The number of anilines is 2. The van der Waals surface area contributed by atoms with Gasteiger partial charge in [0.2, 0.25) is 5.91 Å². The van der Waals surface area contributed by atoms with E-state index >= 15 is 0 Å². The smallest absolute Gasteiger partial charge is 0.246 e. The summed E-state index contributed by atoms with van der Waals surface area (Å²) in [6.45, 7) is 4.11. The number of rotatable bonds is 5. The number of nitrogens with two attached hydrogens (primary N) is 1. The molecule has 1 aromatic heterocycles. The molecule has 0 aliphatic carbocycles. The molecular weight excluding hydrogens is 271 g/mol. The van der Waals surface area contributed by atoms with Gasteiger partial charge in [0.05, 0.1) is 17.1 Å². The Morgan fingerprint density at radius 2 is 2.10 bits per heavy atom. The van der Waals surface area contributed by atoms with Crippen molar-refractivity contribution < 1.29 is 9.18 Å². The second-order valence-electron chi connectivity index (χ2n) is 4.77. The number of benzene rings is 1. The van der Waals surface area contributed by atoms with Gasteiger partial charge in [-0.25, -0.2) is 4.39 Å². The van der Waals surface area contributed by atoms with Crippen molar-refractivity contribution in [1.29, 1.82) is 0 Å². The van der Waals surface area contributed by atoms with Crippen molar-refractivity contribution in [3.63, 3.8) is 0 Å². The molecular formula is C15H19FN4O. The highest BCUT2D eigenvalue weighted by Crippen LogP contribution is 2.19. The minimum Gasteiger partial charge on any atom is -0.397 e. The van der Waals surface area contributed by atoms with Crippen LogP contribution in [0.15, 0.2) is 24.3 Å². The summed E-state index contributed by atoms with van der Waals surface area (Å²) in [5.74, 6) is -0.728. The monoisotopic (exact) mass is 290 g/mol. The van der Waals surface area contributed by atoms with E-state index in [1.807, 2.05) is 19.9 Å². The average Bonchev–Trinajstić information content (AvgIpc) is 2.85. The van der Waals surface area contributed by atoms with E-state index in [9.17, 15) is 9.18 Å². The lowest BCUT2D eigenvalue weighted by atomic mass is 10.2. The van der Waals surface area contributed by atoms with Gasteiger partial charge in [0.15, 0.2) is 0 Å². The number of nitrogens with one attached hydrogen (secondary N) is 1. The molecule has 0 aliphatic rings. The third-order valence-corrected chi connectivity index (χ3v) is 3.22. The van der Waals surface area contributed by atoms with Crippen molar-refractivity contribution >= 4 is 17.3 Å². The number of nitrogens with zero attached hydrogens (tertiary/aromatic N) is 2. The summed E-state index contributed by atoms with van der Waals surface area (Å²) < 4.78 is 14.8. The second kappa shape index (κ2) is 6.39. The molecule has 112 valence electrons. The Hall–Kier alpha value is -2.37. The fourth-order valence-corrected chi connectivity index (χ4v) is 2.07. The highest BCUT2D eigenvalue weighted by Gasteiger charge is 2.11. The summed E-state index contributed by atoms with van der Waals surface area (Å²) in [7, 11) is 0. The molecule has 1 heterocycles. The lowest BCUT2D eigenvalue weighted by Crippen LogP contribution is -2.21. The van der Waals surface area contributed by atoms with Crippen LogP contribution in [0.4, 0.5) is 15.8 Å². The summed E-state index contributed by atoms with van der Waals surface area (Å²) in [6, 6.07) is 5.87. The molecule has 0 bridgehead atoms. The quantitative estimate of drug-likeness (QED) is 0.830. The molecule has 5 nitrogen and oxygen atoms in total. The molecule has 0 radical (unpaired) electrons. The number of carbonyl (C=O) groups excluding carboxylic acids is 1. The normalized spacial score (nSPS) is 10.6. The third kappa shape index (κ3) is 3.59. The van der Waals surface area contributed by atoms with E-state index in [4.69, 9.17) is 5.73 Å². The number of halogens is 1. The fraction of sp³-hybridized carbons (Fsp3) is 0.333. The maximum Gasteiger partial charge on any atom is 0.246 e. The Labute approximate surface area is 123 Å². The maximum absolute atomic E-state index is 13.2. The molecule has 1 amide bonds. The van der Waals surface area contributed by atoms with Gasteiger partial charge < -0.3 is 11.1 Å². The largest absolute Gasteiger partial charge is 0.397 e. The summed E-state index contributed by atoms with van der Waals surface area (Å²) in [5.41, 5.74) is 8.26. The molecule has 6 heteroatoms. The first-order valence-corrected chi connectivity index (χ1v) is 6.94. The van der Waals surface area contributed by atoms with E-state index in [0.29, 0.717) is 5.69 Å². The predicted octanol–water partition coefficient (Wildman–Crippen LogP) is 2.37. The van der Waals surface area contributed by atoms with Gasteiger partial charge in [0.1, 0.15) is 12.4 Å². The van der Waals surface area contributed by atoms with Gasteiger partial charge in [-0.15, -0.1) is 0 Å². The van der Waals surface area contributed by atoms with Gasteiger partial charge in [0.25, 0.3) is 0 Å². The molecule has 0 saturated carbocycles. The van der Waals surface area contributed by atoms with E-state index in [0.717, 1.165) is 24.2 Å². The third-order valence-electron chi connectivity index (χ3n) is 3.22. The average molecular weight is 290 g/mol. The SMILES string of the molecule is CCc1cc(CC)n(CC(=O)Nc2cc(F)ccc2N)n1.